The standard InChI is InChI=1S/C26H21F3N6O5/c1-34-22(33-35(26(34)38)16-5-7-17(8-6-16)40-25(28)29)24(37)31-15-4-9-20(19(27)12-15)39-18-10-11-30-21(13-18)32-23(36)14-2-3-14/h4-14,25H,2-3H2,1H3,(H,31,37)(H,30,32,36). The summed E-state index contributed by atoms with van der Waals surface area (Å²) in [6.45, 7) is -3.00. The van der Waals surface area contributed by atoms with Crippen molar-refractivity contribution >= 4 is 23.3 Å². The number of ether oxygens (including phenoxy) is 2. The van der Waals surface area contributed by atoms with Crippen molar-refractivity contribution in [3.05, 3.63) is 82.9 Å². The van der Waals surface area contributed by atoms with Gasteiger partial charge >= 0.3 is 12.3 Å². The predicted octanol–water partition coefficient (Wildman–Crippen LogP) is 4.10. The van der Waals surface area contributed by atoms with Gasteiger partial charge in [-0.2, -0.15) is 13.5 Å². The molecule has 0 bridgehead atoms. The molecule has 2 N–H and O–H groups in total. The van der Waals surface area contributed by atoms with Gasteiger partial charge in [-0.1, -0.05) is 0 Å². The number of halogens is 3. The number of nitrogens with zero attached hydrogens (tertiary/aromatic N) is 4. The molecule has 11 nitrogen and oxygen atoms in total. The molecule has 40 heavy (non-hydrogen) atoms. The number of rotatable bonds is 9. The lowest BCUT2D eigenvalue weighted by Crippen LogP contribution is -2.24. The molecule has 14 heteroatoms. The van der Waals surface area contributed by atoms with E-state index in [0.717, 1.165) is 28.2 Å². The predicted molar refractivity (Wildman–Crippen MR) is 135 cm³/mol. The van der Waals surface area contributed by atoms with Crippen LogP contribution in [0.1, 0.15) is 23.5 Å². The Morgan fingerprint density at radius 2 is 1.77 bits per heavy atom. The van der Waals surface area contributed by atoms with Gasteiger partial charge in [-0.25, -0.2) is 14.2 Å². The van der Waals surface area contributed by atoms with E-state index in [1.807, 2.05) is 0 Å². The van der Waals surface area contributed by atoms with Crippen LogP contribution in [-0.4, -0.2) is 37.8 Å². The number of anilines is 2. The molecule has 1 aliphatic rings. The third kappa shape index (κ3) is 5.95. The second kappa shape index (κ2) is 10.9. The van der Waals surface area contributed by atoms with Crippen LogP contribution >= 0.6 is 0 Å². The van der Waals surface area contributed by atoms with Crippen LogP contribution in [0.4, 0.5) is 24.7 Å². The molecule has 0 aliphatic heterocycles. The number of benzene rings is 2. The van der Waals surface area contributed by atoms with E-state index in [-0.39, 0.29) is 52.1 Å². The smallest absolute Gasteiger partial charge is 0.387 e. The average Bonchev–Trinajstić information content (AvgIpc) is 3.72. The van der Waals surface area contributed by atoms with Crippen molar-refractivity contribution in [2.75, 3.05) is 10.6 Å². The average molecular weight is 554 g/mol. The van der Waals surface area contributed by atoms with Crippen molar-refractivity contribution in [1.29, 1.82) is 0 Å². The molecule has 1 saturated carbocycles. The molecule has 0 atom stereocenters. The Labute approximate surface area is 224 Å². The SMILES string of the molecule is Cn1c(C(=O)Nc2ccc(Oc3ccnc(NC(=O)C4CC4)c3)c(F)c2)nn(-c2ccc(OC(F)F)cc2)c1=O. The first kappa shape index (κ1) is 26.5. The highest BCUT2D eigenvalue weighted by Crippen LogP contribution is 2.31. The molecule has 1 fully saturated rings. The van der Waals surface area contributed by atoms with Crippen molar-refractivity contribution in [3.63, 3.8) is 0 Å². The van der Waals surface area contributed by atoms with Gasteiger partial charge in [0, 0.05) is 37.0 Å². The number of pyridine rings is 1. The van der Waals surface area contributed by atoms with Crippen LogP contribution in [0.25, 0.3) is 5.69 Å². The Morgan fingerprint density at radius 1 is 1.02 bits per heavy atom. The first-order valence-corrected chi connectivity index (χ1v) is 11.9. The van der Waals surface area contributed by atoms with Crippen LogP contribution in [0.2, 0.25) is 0 Å². The summed E-state index contributed by atoms with van der Waals surface area (Å²) in [4.78, 5) is 41.5. The van der Waals surface area contributed by atoms with Gasteiger partial charge in [0.05, 0.1) is 5.69 Å². The van der Waals surface area contributed by atoms with Gasteiger partial charge in [-0.15, -0.1) is 5.10 Å². The Hall–Kier alpha value is -5.14. The molecule has 2 aromatic carbocycles. The molecular formula is C26H21F3N6O5. The fourth-order valence-electron chi connectivity index (χ4n) is 3.66. The molecule has 4 aromatic rings. The molecule has 0 unspecified atom stereocenters. The van der Waals surface area contributed by atoms with Gasteiger partial charge in [-0.05, 0) is 55.3 Å². The number of nitrogens with one attached hydrogen (secondary N) is 2. The summed E-state index contributed by atoms with van der Waals surface area (Å²) in [5.41, 5.74) is -0.398. The lowest BCUT2D eigenvalue weighted by molar-refractivity contribution is -0.117. The second-order valence-corrected chi connectivity index (χ2v) is 8.79. The Kier molecular flexibility index (Phi) is 7.23. The van der Waals surface area contributed by atoms with Crippen LogP contribution in [0.3, 0.4) is 0 Å². The molecule has 5 rings (SSSR count). The minimum atomic E-state index is -3.00. The summed E-state index contributed by atoms with van der Waals surface area (Å²) in [6, 6.07) is 11.8. The number of amides is 2. The zero-order chi connectivity index (χ0) is 28.4. The second-order valence-electron chi connectivity index (χ2n) is 8.79. The molecule has 2 aromatic heterocycles. The summed E-state index contributed by atoms with van der Waals surface area (Å²) in [6.07, 6.45) is 3.09. The van der Waals surface area contributed by atoms with E-state index in [0.29, 0.717) is 0 Å². The molecule has 2 heterocycles. The van der Waals surface area contributed by atoms with E-state index in [1.165, 1.54) is 61.8 Å². The van der Waals surface area contributed by atoms with Crippen LogP contribution in [-0.2, 0) is 11.8 Å². The highest BCUT2D eigenvalue weighted by atomic mass is 19.3. The quantitative estimate of drug-likeness (QED) is 0.319. The molecule has 0 spiro atoms. The molecule has 1 aliphatic carbocycles. The summed E-state index contributed by atoms with van der Waals surface area (Å²) in [5, 5.41) is 9.17. The van der Waals surface area contributed by atoms with E-state index in [1.54, 1.807) is 0 Å². The van der Waals surface area contributed by atoms with Gasteiger partial charge in [0.15, 0.2) is 11.6 Å². The van der Waals surface area contributed by atoms with Gasteiger partial charge in [0.1, 0.15) is 17.3 Å². The van der Waals surface area contributed by atoms with Crippen molar-refractivity contribution in [2.45, 2.75) is 19.5 Å². The van der Waals surface area contributed by atoms with Crippen molar-refractivity contribution < 1.29 is 32.2 Å². The number of hydrogen-bond donors (Lipinski definition) is 2. The lowest BCUT2D eigenvalue weighted by Gasteiger charge is -2.10. The van der Waals surface area contributed by atoms with Gasteiger partial charge < -0.3 is 20.1 Å². The van der Waals surface area contributed by atoms with Crippen LogP contribution < -0.4 is 25.8 Å². The zero-order valence-electron chi connectivity index (χ0n) is 20.8. The zero-order valence-corrected chi connectivity index (χ0v) is 20.8. The molecule has 0 radical (unpaired) electrons. The van der Waals surface area contributed by atoms with E-state index < -0.39 is 24.0 Å². The maximum absolute atomic E-state index is 14.8. The molecule has 206 valence electrons. The summed E-state index contributed by atoms with van der Waals surface area (Å²) in [5.74, 6) is -1.74. The van der Waals surface area contributed by atoms with Crippen molar-refractivity contribution in [2.24, 2.45) is 13.0 Å². The molecule has 2 amide bonds. The van der Waals surface area contributed by atoms with Gasteiger partial charge in [0.25, 0.3) is 5.91 Å². The normalized spacial score (nSPS) is 12.7. The molecular weight excluding hydrogens is 533 g/mol. The van der Waals surface area contributed by atoms with E-state index in [2.05, 4.69) is 25.5 Å². The van der Waals surface area contributed by atoms with Gasteiger partial charge in [-0.3, -0.25) is 14.2 Å². The van der Waals surface area contributed by atoms with E-state index in [9.17, 15) is 27.6 Å². The number of aromatic nitrogens is 4. The van der Waals surface area contributed by atoms with Gasteiger partial charge in [0.2, 0.25) is 11.7 Å². The number of carbonyl (C=O) groups excluding carboxylic acids is 2. The minimum absolute atomic E-state index is 0.00976. The van der Waals surface area contributed by atoms with Crippen molar-refractivity contribution in [3.8, 4) is 22.9 Å². The number of hydrogen-bond acceptors (Lipinski definition) is 7. The Bertz CT molecular complexity index is 1630. The van der Waals surface area contributed by atoms with Crippen LogP contribution in [0.15, 0.2) is 65.6 Å². The highest BCUT2D eigenvalue weighted by molar-refractivity contribution is 6.01. The highest BCUT2D eigenvalue weighted by Gasteiger charge is 2.29. The first-order valence-electron chi connectivity index (χ1n) is 11.9. The largest absolute Gasteiger partial charge is 0.454 e. The monoisotopic (exact) mass is 554 g/mol. The number of carbonyl (C=O) groups is 2. The van der Waals surface area contributed by atoms with E-state index in [4.69, 9.17) is 4.74 Å². The Balaban J connectivity index is 1.27. The number of alkyl halides is 2. The topological polar surface area (TPSA) is 129 Å². The summed E-state index contributed by atoms with van der Waals surface area (Å²) in [7, 11) is 1.32. The summed E-state index contributed by atoms with van der Waals surface area (Å²) >= 11 is 0. The van der Waals surface area contributed by atoms with Crippen LogP contribution in [0.5, 0.6) is 17.2 Å². The van der Waals surface area contributed by atoms with Crippen LogP contribution in [0, 0.1) is 11.7 Å². The summed E-state index contributed by atoms with van der Waals surface area (Å²) < 4.78 is 51.3. The Morgan fingerprint density at radius 3 is 2.45 bits per heavy atom. The fraction of sp³-hybridized carbons (Fsp3) is 0.192. The maximum atomic E-state index is 14.8. The minimum Gasteiger partial charge on any atom is -0.454 e. The van der Waals surface area contributed by atoms with Crippen molar-refractivity contribution in [1.82, 2.24) is 19.3 Å². The fourth-order valence-corrected chi connectivity index (χ4v) is 3.66. The third-order valence-electron chi connectivity index (χ3n) is 5.84. The third-order valence-corrected chi connectivity index (χ3v) is 5.84. The maximum Gasteiger partial charge on any atom is 0.387 e. The van der Waals surface area contributed by atoms with E-state index >= 15 is 0 Å². The lowest BCUT2D eigenvalue weighted by atomic mass is 10.2. The first-order chi connectivity index (χ1) is 19.2. The molecule has 0 saturated heterocycles.